The van der Waals surface area contributed by atoms with Crippen molar-refractivity contribution in [1.82, 2.24) is 14.8 Å². The van der Waals surface area contributed by atoms with Gasteiger partial charge in [0.15, 0.2) is 5.16 Å². The predicted molar refractivity (Wildman–Crippen MR) is 88.1 cm³/mol. The zero-order valence-electron chi connectivity index (χ0n) is 13.0. The first kappa shape index (κ1) is 15.6. The molecule has 1 N–H and O–H groups in total. The fourth-order valence-corrected chi connectivity index (χ4v) is 3.23. The van der Waals surface area contributed by atoms with Crippen molar-refractivity contribution in [1.29, 1.82) is 5.26 Å². The number of benzene rings is 1. The van der Waals surface area contributed by atoms with Crippen molar-refractivity contribution in [2.45, 2.75) is 43.1 Å². The van der Waals surface area contributed by atoms with Gasteiger partial charge in [-0.25, -0.2) is 0 Å². The highest BCUT2D eigenvalue weighted by Gasteiger charge is 2.29. The Kier molecular flexibility index (Phi) is 4.35. The number of hydrogen-bond donors (Lipinski definition) is 1. The maximum Gasteiger partial charge on any atom is 0.237 e. The highest BCUT2D eigenvalue weighted by atomic mass is 32.2. The van der Waals surface area contributed by atoms with Crippen LogP contribution in [0.2, 0.25) is 0 Å². The van der Waals surface area contributed by atoms with Crippen molar-refractivity contribution in [2.75, 3.05) is 5.32 Å². The van der Waals surface area contributed by atoms with E-state index in [0.717, 1.165) is 23.8 Å². The van der Waals surface area contributed by atoms with Crippen LogP contribution in [0.1, 0.15) is 37.2 Å². The molecule has 1 aromatic heterocycles. The van der Waals surface area contributed by atoms with Crippen LogP contribution in [0.3, 0.4) is 0 Å². The van der Waals surface area contributed by atoms with Crippen LogP contribution in [0.15, 0.2) is 29.4 Å². The van der Waals surface area contributed by atoms with E-state index in [0.29, 0.717) is 17.3 Å². The first-order valence-electron chi connectivity index (χ1n) is 7.47. The quantitative estimate of drug-likeness (QED) is 0.854. The average molecular weight is 327 g/mol. The van der Waals surface area contributed by atoms with Crippen LogP contribution in [0, 0.1) is 18.3 Å². The Morgan fingerprint density at radius 1 is 1.39 bits per heavy atom. The molecule has 6 nitrogen and oxygen atoms in total. The summed E-state index contributed by atoms with van der Waals surface area (Å²) in [7, 11) is 0. The van der Waals surface area contributed by atoms with Crippen LogP contribution >= 0.6 is 11.8 Å². The van der Waals surface area contributed by atoms with E-state index in [1.54, 1.807) is 24.3 Å². The van der Waals surface area contributed by atoms with E-state index in [-0.39, 0.29) is 11.2 Å². The number of anilines is 1. The lowest BCUT2D eigenvalue weighted by Crippen LogP contribution is -2.23. The summed E-state index contributed by atoms with van der Waals surface area (Å²) in [6, 6.07) is 9.36. The molecule has 0 bridgehead atoms. The zero-order chi connectivity index (χ0) is 16.4. The molecule has 1 fully saturated rings. The van der Waals surface area contributed by atoms with Crippen LogP contribution in [0.4, 0.5) is 5.69 Å². The number of amides is 1. The smallest absolute Gasteiger partial charge is 0.237 e. The fraction of sp³-hybridized carbons (Fsp3) is 0.375. The SMILES string of the molecule is Cc1nnc(S[C@H](C)C(=O)Nc2ccc(C#N)cc2)n1C1CC1. The predicted octanol–water partition coefficient (Wildman–Crippen LogP) is 2.91. The molecule has 0 radical (unpaired) electrons. The Labute approximate surface area is 138 Å². The van der Waals surface area contributed by atoms with Gasteiger partial charge in [0.05, 0.1) is 16.9 Å². The van der Waals surface area contributed by atoms with Gasteiger partial charge >= 0.3 is 0 Å². The van der Waals surface area contributed by atoms with E-state index >= 15 is 0 Å². The van der Waals surface area contributed by atoms with E-state index in [1.807, 2.05) is 13.8 Å². The Hall–Kier alpha value is -2.33. The Morgan fingerprint density at radius 2 is 2.09 bits per heavy atom. The second-order valence-corrected chi connectivity index (χ2v) is 6.88. The Balaban J connectivity index is 1.64. The molecular weight excluding hydrogens is 310 g/mol. The molecule has 2 aromatic rings. The molecule has 1 atom stereocenters. The zero-order valence-corrected chi connectivity index (χ0v) is 13.8. The number of carbonyl (C=O) groups excluding carboxylic acids is 1. The van der Waals surface area contributed by atoms with Gasteiger partial charge in [0.1, 0.15) is 5.82 Å². The minimum atomic E-state index is -0.285. The average Bonchev–Trinajstić information content (AvgIpc) is 3.32. The van der Waals surface area contributed by atoms with Crippen LogP contribution in [-0.2, 0) is 4.79 Å². The van der Waals surface area contributed by atoms with Gasteiger partial charge in [-0.1, -0.05) is 11.8 Å². The number of nitriles is 1. The molecule has 0 unspecified atom stereocenters. The lowest BCUT2D eigenvalue weighted by Gasteiger charge is -2.12. The molecule has 1 aromatic carbocycles. The topological polar surface area (TPSA) is 83.6 Å². The van der Waals surface area contributed by atoms with Crippen molar-refractivity contribution in [3.63, 3.8) is 0 Å². The molecule has 1 aliphatic carbocycles. The summed E-state index contributed by atoms with van der Waals surface area (Å²) >= 11 is 1.42. The van der Waals surface area contributed by atoms with Crippen LogP contribution in [0.25, 0.3) is 0 Å². The van der Waals surface area contributed by atoms with E-state index in [2.05, 4.69) is 26.2 Å². The van der Waals surface area contributed by atoms with E-state index in [9.17, 15) is 4.79 Å². The number of aromatic nitrogens is 3. The lowest BCUT2D eigenvalue weighted by atomic mass is 10.2. The van der Waals surface area contributed by atoms with Gasteiger partial charge in [0, 0.05) is 11.7 Å². The number of aryl methyl sites for hydroxylation is 1. The molecule has 3 rings (SSSR count). The minimum absolute atomic E-state index is 0.0947. The summed E-state index contributed by atoms with van der Waals surface area (Å²) in [5, 5.41) is 20.5. The molecule has 23 heavy (non-hydrogen) atoms. The first-order valence-corrected chi connectivity index (χ1v) is 8.35. The summed E-state index contributed by atoms with van der Waals surface area (Å²) < 4.78 is 2.12. The number of nitrogens with zero attached hydrogens (tertiary/aromatic N) is 4. The second kappa shape index (κ2) is 6.42. The van der Waals surface area contributed by atoms with Crippen LogP contribution in [0.5, 0.6) is 0 Å². The normalized spacial score (nSPS) is 15.0. The van der Waals surface area contributed by atoms with Crippen molar-refractivity contribution in [3.8, 4) is 6.07 Å². The molecule has 7 heteroatoms. The molecule has 1 saturated carbocycles. The third kappa shape index (κ3) is 3.54. The minimum Gasteiger partial charge on any atom is -0.325 e. The van der Waals surface area contributed by atoms with E-state index in [1.165, 1.54) is 11.8 Å². The molecule has 1 heterocycles. The maximum absolute atomic E-state index is 12.3. The van der Waals surface area contributed by atoms with Gasteiger partial charge < -0.3 is 9.88 Å². The summed E-state index contributed by atoms with van der Waals surface area (Å²) in [5.41, 5.74) is 1.25. The largest absolute Gasteiger partial charge is 0.325 e. The highest BCUT2D eigenvalue weighted by Crippen LogP contribution is 2.39. The third-order valence-electron chi connectivity index (χ3n) is 3.68. The van der Waals surface area contributed by atoms with Gasteiger partial charge in [-0.15, -0.1) is 10.2 Å². The molecule has 0 spiro atoms. The molecular formula is C16H17N5OS. The van der Waals surface area contributed by atoms with Gasteiger partial charge in [-0.05, 0) is 51.0 Å². The fourth-order valence-electron chi connectivity index (χ4n) is 2.27. The second-order valence-electron chi connectivity index (χ2n) is 5.57. The number of hydrogen-bond acceptors (Lipinski definition) is 5. The van der Waals surface area contributed by atoms with Crippen molar-refractivity contribution in [2.24, 2.45) is 0 Å². The van der Waals surface area contributed by atoms with E-state index < -0.39 is 0 Å². The maximum atomic E-state index is 12.3. The van der Waals surface area contributed by atoms with Crippen LogP contribution in [-0.4, -0.2) is 25.9 Å². The molecule has 0 saturated heterocycles. The lowest BCUT2D eigenvalue weighted by molar-refractivity contribution is -0.115. The van der Waals surface area contributed by atoms with Gasteiger partial charge in [0.2, 0.25) is 5.91 Å². The first-order chi connectivity index (χ1) is 11.1. The Morgan fingerprint density at radius 3 is 2.70 bits per heavy atom. The Bertz CT molecular complexity index is 758. The summed E-state index contributed by atoms with van der Waals surface area (Å²) in [5.74, 6) is 0.803. The number of carbonyl (C=O) groups is 1. The van der Waals surface area contributed by atoms with Crippen molar-refractivity contribution < 1.29 is 4.79 Å². The molecule has 1 aliphatic rings. The summed E-state index contributed by atoms with van der Waals surface area (Å²) in [6.07, 6.45) is 2.30. The summed E-state index contributed by atoms with van der Waals surface area (Å²) in [6.45, 7) is 3.79. The number of nitrogens with one attached hydrogen (secondary N) is 1. The molecule has 1 amide bonds. The van der Waals surface area contributed by atoms with Crippen molar-refractivity contribution >= 4 is 23.4 Å². The summed E-state index contributed by atoms with van der Waals surface area (Å²) in [4.78, 5) is 12.3. The van der Waals surface area contributed by atoms with Crippen LogP contribution < -0.4 is 5.32 Å². The van der Waals surface area contributed by atoms with Gasteiger partial charge in [-0.2, -0.15) is 5.26 Å². The van der Waals surface area contributed by atoms with E-state index in [4.69, 9.17) is 5.26 Å². The molecule has 0 aliphatic heterocycles. The third-order valence-corrected chi connectivity index (χ3v) is 4.74. The highest BCUT2D eigenvalue weighted by molar-refractivity contribution is 8.00. The van der Waals surface area contributed by atoms with Crippen molar-refractivity contribution in [3.05, 3.63) is 35.7 Å². The monoisotopic (exact) mass is 327 g/mol. The van der Waals surface area contributed by atoms with Gasteiger partial charge in [-0.3, -0.25) is 4.79 Å². The molecule has 118 valence electrons. The number of thioether (sulfide) groups is 1. The standard InChI is InChI=1S/C16H17N5OS/c1-10(15(22)18-13-5-3-12(9-17)4-6-13)23-16-20-19-11(2)21(16)14-7-8-14/h3-6,10,14H,7-8H2,1-2H3,(H,18,22)/t10-/m1/s1. The van der Waals surface area contributed by atoms with Gasteiger partial charge in [0.25, 0.3) is 0 Å². The number of rotatable bonds is 5.